The van der Waals surface area contributed by atoms with Crippen molar-refractivity contribution in [2.45, 2.75) is 25.8 Å². The van der Waals surface area contributed by atoms with Gasteiger partial charge < -0.3 is 10.6 Å². The standard InChI is InChI=1S/C15H21Cl2N3O/c1-2-20(9-12-4-3-7-18-12)10-15(21)19-11-5-6-13(16)14(17)8-11/h5-6,8,12,18H,2-4,7,9-10H2,1H3,(H,19,21). The van der Waals surface area contributed by atoms with E-state index in [1.807, 2.05) is 0 Å². The third kappa shape index (κ3) is 5.15. The minimum atomic E-state index is -0.0340. The Morgan fingerprint density at radius 2 is 2.24 bits per heavy atom. The fourth-order valence-corrected chi connectivity index (χ4v) is 2.81. The molecule has 4 nitrogen and oxygen atoms in total. The van der Waals surface area contributed by atoms with Crippen LogP contribution in [0.3, 0.4) is 0 Å². The molecule has 1 unspecified atom stereocenters. The summed E-state index contributed by atoms with van der Waals surface area (Å²) in [5.74, 6) is -0.0340. The third-order valence-electron chi connectivity index (χ3n) is 3.66. The van der Waals surface area contributed by atoms with Gasteiger partial charge in [-0.15, -0.1) is 0 Å². The minimum Gasteiger partial charge on any atom is -0.325 e. The van der Waals surface area contributed by atoms with Crippen molar-refractivity contribution >= 4 is 34.8 Å². The Bertz CT molecular complexity index is 490. The van der Waals surface area contributed by atoms with Crippen LogP contribution in [0.2, 0.25) is 10.0 Å². The van der Waals surface area contributed by atoms with Crippen LogP contribution in [-0.4, -0.2) is 43.0 Å². The summed E-state index contributed by atoms with van der Waals surface area (Å²) in [7, 11) is 0. The summed E-state index contributed by atoms with van der Waals surface area (Å²) in [5.41, 5.74) is 0.671. The molecule has 116 valence electrons. The first-order valence-electron chi connectivity index (χ1n) is 7.29. The number of nitrogens with one attached hydrogen (secondary N) is 2. The van der Waals surface area contributed by atoms with Gasteiger partial charge in [-0.2, -0.15) is 0 Å². The molecule has 0 bridgehead atoms. The van der Waals surface area contributed by atoms with Crippen LogP contribution in [-0.2, 0) is 4.79 Å². The van der Waals surface area contributed by atoms with Crippen LogP contribution < -0.4 is 10.6 Å². The molecule has 1 aromatic carbocycles. The van der Waals surface area contributed by atoms with E-state index in [1.54, 1.807) is 18.2 Å². The molecular formula is C15H21Cl2N3O. The van der Waals surface area contributed by atoms with Crippen molar-refractivity contribution in [2.75, 3.05) is 31.5 Å². The zero-order valence-electron chi connectivity index (χ0n) is 12.2. The predicted molar refractivity (Wildman–Crippen MR) is 88.2 cm³/mol. The van der Waals surface area contributed by atoms with E-state index in [2.05, 4.69) is 22.5 Å². The highest BCUT2D eigenvalue weighted by Gasteiger charge is 2.18. The van der Waals surface area contributed by atoms with Crippen molar-refractivity contribution in [1.29, 1.82) is 0 Å². The van der Waals surface area contributed by atoms with Crippen LogP contribution in [0.1, 0.15) is 19.8 Å². The minimum absolute atomic E-state index is 0.0340. The first-order chi connectivity index (χ1) is 10.1. The molecule has 0 radical (unpaired) electrons. The van der Waals surface area contributed by atoms with Gasteiger partial charge >= 0.3 is 0 Å². The quantitative estimate of drug-likeness (QED) is 0.843. The summed E-state index contributed by atoms with van der Waals surface area (Å²) in [6, 6.07) is 5.60. The van der Waals surface area contributed by atoms with E-state index in [0.717, 1.165) is 19.6 Å². The number of amides is 1. The molecular weight excluding hydrogens is 309 g/mol. The van der Waals surface area contributed by atoms with Gasteiger partial charge in [0.05, 0.1) is 16.6 Å². The Morgan fingerprint density at radius 3 is 2.86 bits per heavy atom. The molecule has 2 N–H and O–H groups in total. The van der Waals surface area contributed by atoms with Gasteiger partial charge in [-0.3, -0.25) is 9.69 Å². The Morgan fingerprint density at radius 1 is 1.43 bits per heavy atom. The molecule has 1 atom stereocenters. The number of carbonyl (C=O) groups excluding carboxylic acids is 1. The topological polar surface area (TPSA) is 44.4 Å². The number of nitrogens with zero attached hydrogens (tertiary/aromatic N) is 1. The first kappa shape index (κ1) is 16.6. The highest BCUT2D eigenvalue weighted by atomic mass is 35.5. The number of hydrogen-bond acceptors (Lipinski definition) is 3. The van der Waals surface area contributed by atoms with E-state index in [9.17, 15) is 4.79 Å². The van der Waals surface area contributed by atoms with Gasteiger partial charge in [0.1, 0.15) is 0 Å². The molecule has 1 saturated heterocycles. The van der Waals surface area contributed by atoms with E-state index in [-0.39, 0.29) is 5.91 Å². The predicted octanol–water partition coefficient (Wildman–Crippen LogP) is 3.01. The molecule has 1 aromatic rings. The highest BCUT2D eigenvalue weighted by Crippen LogP contribution is 2.24. The Labute approximate surface area is 135 Å². The first-order valence-corrected chi connectivity index (χ1v) is 8.04. The fraction of sp³-hybridized carbons (Fsp3) is 0.533. The highest BCUT2D eigenvalue weighted by molar-refractivity contribution is 6.42. The average Bonchev–Trinajstić information content (AvgIpc) is 2.95. The van der Waals surface area contributed by atoms with E-state index < -0.39 is 0 Å². The van der Waals surface area contributed by atoms with E-state index >= 15 is 0 Å². The number of halogens is 2. The molecule has 1 aliphatic rings. The van der Waals surface area contributed by atoms with Gasteiger partial charge in [-0.25, -0.2) is 0 Å². The molecule has 21 heavy (non-hydrogen) atoms. The van der Waals surface area contributed by atoms with Gasteiger partial charge in [-0.1, -0.05) is 30.1 Å². The van der Waals surface area contributed by atoms with Gasteiger partial charge in [0.2, 0.25) is 5.91 Å². The lowest BCUT2D eigenvalue weighted by molar-refractivity contribution is -0.117. The van der Waals surface area contributed by atoms with Crippen molar-refractivity contribution < 1.29 is 4.79 Å². The van der Waals surface area contributed by atoms with Gasteiger partial charge in [0.25, 0.3) is 0 Å². The summed E-state index contributed by atoms with van der Waals surface area (Å²) in [6.07, 6.45) is 2.41. The maximum Gasteiger partial charge on any atom is 0.238 e. The van der Waals surface area contributed by atoms with Crippen molar-refractivity contribution in [3.05, 3.63) is 28.2 Å². The molecule has 2 rings (SSSR count). The summed E-state index contributed by atoms with van der Waals surface area (Å²) in [5, 5.41) is 7.23. The van der Waals surface area contributed by atoms with Crippen molar-refractivity contribution in [3.8, 4) is 0 Å². The maximum atomic E-state index is 12.1. The molecule has 1 amide bonds. The van der Waals surface area contributed by atoms with Crippen molar-refractivity contribution in [3.63, 3.8) is 0 Å². The molecule has 0 aromatic heterocycles. The molecule has 1 fully saturated rings. The van der Waals surface area contributed by atoms with Crippen LogP contribution in [0.25, 0.3) is 0 Å². The fourth-order valence-electron chi connectivity index (χ4n) is 2.51. The number of rotatable bonds is 6. The normalized spacial score (nSPS) is 18.2. The van der Waals surface area contributed by atoms with E-state index in [1.165, 1.54) is 12.8 Å². The Kier molecular flexibility index (Phi) is 6.30. The average molecular weight is 330 g/mol. The summed E-state index contributed by atoms with van der Waals surface area (Å²) >= 11 is 11.8. The number of carbonyl (C=O) groups is 1. The van der Waals surface area contributed by atoms with Crippen LogP contribution in [0.4, 0.5) is 5.69 Å². The summed E-state index contributed by atoms with van der Waals surface area (Å²) < 4.78 is 0. The van der Waals surface area contributed by atoms with E-state index in [4.69, 9.17) is 23.2 Å². The van der Waals surface area contributed by atoms with Crippen LogP contribution in [0, 0.1) is 0 Å². The second kappa shape index (κ2) is 7.99. The molecule has 0 aliphatic carbocycles. The van der Waals surface area contributed by atoms with Gasteiger partial charge in [0.15, 0.2) is 0 Å². The van der Waals surface area contributed by atoms with E-state index in [0.29, 0.717) is 28.3 Å². The second-order valence-corrected chi connectivity index (χ2v) is 6.11. The number of anilines is 1. The smallest absolute Gasteiger partial charge is 0.238 e. The summed E-state index contributed by atoms with van der Waals surface area (Å²) in [4.78, 5) is 14.3. The second-order valence-electron chi connectivity index (χ2n) is 5.30. The van der Waals surface area contributed by atoms with Crippen molar-refractivity contribution in [2.24, 2.45) is 0 Å². The Balaban J connectivity index is 1.85. The van der Waals surface area contributed by atoms with Crippen LogP contribution in [0.15, 0.2) is 18.2 Å². The number of likely N-dealkylation sites (N-methyl/N-ethyl adjacent to an activating group) is 1. The van der Waals surface area contributed by atoms with Crippen LogP contribution >= 0.6 is 23.2 Å². The van der Waals surface area contributed by atoms with Gasteiger partial charge in [0, 0.05) is 18.3 Å². The maximum absolute atomic E-state index is 12.1. The zero-order chi connectivity index (χ0) is 15.2. The lowest BCUT2D eigenvalue weighted by Gasteiger charge is -2.23. The lowest BCUT2D eigenvalue weighted by Crippen LogP contribution is -2.41. The monoisotopic (exact) mass is 329 g/mol. The zero-order valence-corrected chi connectivity index (χ0v) is 13.7. The number of benzene rings is 1. The van der Waals surface area contributed by atoms with Crippen LogP contribution in [0.5, 0.6) is 0 Å². The largest absolute Gasteiger partial charge is 0.325 e. The van der Waals surface area contributed by atoms with Gasteiger partial charge in [-0.05, 0) is 44.1 Å². The lowest BCUT2D eigenvalue weighted by atomic mass is 10.2. The molecule has 6 heteroatoms. The Hall–Kier alpha value is -0.810. The molecule has 1 aliphatic heterocycles. The molecule has 0 spiro atoms. The molecule has 0 saturated carbocycles. The summed E-state index contributed by atoms with van der Waals surface area (Å²) in [6.45, 7) is 5.30. The molecule has 1 heterocycles. The third-order valence-corrected chi connectivity index (χ3v) is 4.40. The van der Waals surface area contributed by atoms with Crippen molar-refractivity contribution in [1.82, 2.24) is 10.2 Å². The SMILES string of the molecule is CCN(CC(=O)Nc1ccc(Cl)c(Cl)c1)CC1CCCN1. The number of hydrogen-bond donors (Lipinski definition) is 2.